The molecule has 1 N–H and O–H groups in total. The standard InChI is InChI=1S/C14H18F3NO2/c1-8-6-12(9(2)20-8)13(19)18-11-5-3-4-10(7-11)14(15,16)17/h6,10-11H,3-5,7H2,1-2H3,(H,18,19)/t10-,11+/m0/s1. The van der Waals surface area contributed by atoms with E-state index < -0.39 is 18.1 Å². The van der Waals surface area contributed by atoms with Gasteiger partial charge in [0.05, 0.1) is 11.5 Å². The van der Waals surface area contributed by atoms with Crippen molar-refractivity contribution in [2.75, 3.05) is 0 Å². The van der Waals surface area contributed by atoms with E-state index in [-0.39, 0.29) is 18.7 Å². The number of carbonyl (C=O) groups is 1. The third kappa shape index (κ3) is 3.35. The number of carbonyl (C=O) groups excluding carboxylic acids is 1. The minimum absolute atomic E-state index is 0.0366. The minimum atomic E-state index is -4.18. The van der Waals surface area contributed by atoms with Crippen molar-refractivity contribution in [3.63, 3.8) is 0 Å². The zero-order valence-electron chi connectivity index (χ0n) is 11.5. The van der Waals surface area contributed by atoms with E-state index in [2.05, 4.69) is 5.32 Å². The van der Waals surface area contributed by atoms with Crippen molar-refractivity contribution in [2.45, 2.75) is 51.7 Å². The molecule has 0 saturated heterocycles. The van der Waals surface area contributed by atoms with Crippen LogP contribution in [0.3, 0.4) is 0 Å². The first-order valence-corrected chi connectivity index (χ1v) is 6.72. The highest BCUT2D eigenvalue weighted by molar-refractivity contribution is 5.95. The van der Waals surface area contributed by atoms with Crippen molar-refractivity contribution in [3.05, 3.63) is 23.2 Å². The Bertz CT molecular complexity index is 493. The van der Waals surface area contributed by atoms with E-state index in [9.17, 15) is 18.0 Å². The van der Waals surface area contributed by atoms with E-state index in [1.165, 1.54) is 0 Å². The van der Waals surface area contributed by atoms with E-state index in [4.69, 9.17) is 4.42 Å². The van der Waals surface area contributed by atoms with Crippen LogP contribution in [0.2, 0.25) is 0 Å². The molecule has 112 valence electrons. The summed E-state index contributed by atoms with van der Waals surface area (Å²) < 4.78 is 43.4. The Hall–Kier alpha value is -1.46. The summed E-state index contributed by atoms with van der Waals surface area (Å²) in [7, 11) is 0. The predicted molar refractivity (Wildman–Crippen MR) is 67.4 cm³/mol. The number of hydrogen-bond acceptors (Lipinski definition) is 2. The number of hydrogen-bond donors (Lipinski definition) is 1. The maximum atomic E-state index is 12.7. The second-order valence-corrected chi connectivity index (χ2v) is 5.40. The molecule has 0 radical (unpaired) electrons. The van der Waals surface area contributed by atoms with Gasteiger partial charge in [0.1, 0.15) is 11.5 Å². The highest BCUT2D eigenvalue weighted by Gasteiger charge is 2.42. The highest BCUT2D eigenvalue weighted by Crippen LogP contribution is 2.37. The molecule has 0 unspecified atom stereocenters. The predicted octanol–water partition coefficient (Wildman–Crippen LogP) is 3.75. The molecule has 0 bridgehead atoms. The van der Waals surface area contributed by atoms with Gasteiger partial charge < -0.3 is 9.73 Å². The van der Waals surface area contributed by atoms with Crippen LogP contribution in [0.25, 0.3) is 0 Å². The second kappa shape index (κ2) is 5.50. The lowest BCUT2D eigenvalue weighted by molar-refractivity contribution is -0.183. The molecule has 2 rings (SSSR count). The summed E-state index contributed by atoms with van der Waals surface area (Å²) in [5.41, 5.74) is 0.400. The fourth-order valence-corrected chi connectivity index (χ4v) is 2.74. The number of aryl methyl sites for hydroxylation is 2. The number of amides is 1. The Labute approximate surface area is 115 Å². The van der Waals surface area contributed by atoms with E-state index in [0.717, 1.165) is 0 Å². The zero-order chi connectivity index (χ0) is 14.9. The van der Waals surface area contributed by atoms with Gasteiger partial charge in [0, 0.05) is 6.04 Å². The third-order valence-corrected chi connectivity index (χ3v) is 3.76. The molecule has 3 nitrogen and oxygen atoms in total. The van der Waals surface area contributed by atoms with Crippen LogP contribution in [0.1, 0.15) is 47.6 Å². The molecule has 1 aromatic rings. The Balaban J connectivity index is 1.99. The molecule has 1 fully saturated rings. The Morgan fingerprint density at radius 3 is 2.60 bits per heavy atom. The number of nitrogens with one attached hydrogen (secondary N) is 1. The molecule has 0 aliphatic heterocycles. The van der Waals surface area contributed by atoms with Crippen LogP contribution in [-0.4, -0.2) is 18.1 Å². The molecule has 1 aromatic heterocycles. The van der Waals surface area contributed by atoms with Gasteiger partial charge in [-0.15, -0.1) is 0 Å². The molecule has 0 spiro atoms. The molecule has 1 amide bonds. The van der Waals surface area contributed by atoms with Gasteiger partial charge in [-0.05, 0) is 39.2 Å². The van der Waals surface area contributed by atoms with Crippen molar-refractivity contribution in [1.29, 1.82) is 0 Å². The average Bonchev–Trinajstić information content (AvgIpc) is 2.68. The summed E-state index contributed by atoms with van der Waals surface area (Å²) >= 11 is 0. The molecule has 1 aliphatic carbocycles. The van der Waals surface area contributed by atoms with Crippen LogP contribution in [0.15, 0.2) is 10.5 Å². The molecule has 1 heterocycles. The van der Waals surface area contributed by atoms with E-state index in [1.807, 2.05) is 0 Å². The summed E-state index contributed by atoms with van der Waals surface area (Å²) in [4.78, 5) is 12.1. The van der Waals surface area contributed by atoms with Gasteiger partial charge in [-0.1, -0.05) is 6.42 Å². The quantitative estimate of drug-likeness (QED) is 0.901. The monoisotopic (exact) mass is 289 g/mol. The van der Waals surface area contributed by atoms with E-state index in [0.29, 0.717) is 29.9 Å². The molecule has 2 atom stereocenters. The Kier molecular flexibility index (Phi) is 4.11. The summed E-state index contributed by atoms with van der Waals surface area (Å²) in [5, 5.41) is 2.69. The normalized spacial score (nSPS) is 23.6. The van der Waals surface area contributed by atoms with Gasteiger partial charge in [-0.2, -0.15) is 13.2 Å². The summed E-state index contributed by atoms with van der Waals surface area (Å²) in [6, 6.07) is 1.19. The van der Waals surface area contributed by atoms with Crippen LogP contribution < -0.4 is 5.32 Å². The number of halogens is 3. The van der Waals surface area contributed by atoms with Crippen LogP contribution in [0.4, 0.5) is 13.2 Å². The van der Waals surface area contributed by atoms with Crippen LogP contribution >= 0.6 is 0 Å². The van der Waals surface area contributed by atoms with E-state index in [1.54, 1.807) is 19.9 Å². The lowest BCUT2D eigenvalue weighted by atomic mass is 9.85. The summed E-state index contributed by atoms with van der Waals surface area (Å²) in [6.07, 6.45) is -2.98. The first-order valence-electron chi connectivity index (χ1n) is 6.72. The maximum absolute atomic E-state index is 12.7. The van der Waals surface area contributed by atoms with Crippen molar-refractivity contribution in [2.24, 2.45) is 5.92 Å². The molecular weight excluding hydrogens is 271 g/mol. The fraction of sp³-hybridized carbons (Fsp3) is 0.643. The van der Waals surface area contributed by atoms with E-state index >= 15 is 0 Å². The molecule has 1 saturated carbocycles. The zero-order valence-corrected chi connectivity index (χ0v) is 11.5. The lowest BCUT2D eigenvalue weighted by Gasteiger charge is -2.30. The van der Waals surface area contributed by atoms with Crippen molar-refractivity contribution in [3.8, 4) is 0 Å². The SMILES string of the molecule is Cc1cc(C(=O)N[C@@H]2CCC[C@H](C(F)(F)F)C2)c(C)o1. The van der Waals surface area contributed by atoms with Crippen molar-refractivity contribution >= 4 is 5.91 Å². The van der Waals surface area contributed by atoms with Crippen LogP contribution in [0.5, 0.6) is 0 Å². The molecule has 20 heavy (non-hydrogen) atoms. The second-order valence-electron chi connectivity index (χ2n) is 5.40. The summed E-state index contributed by atoms with van der Waals surface area (Å²) in [6.45, 7) is 3.39. The van der Waals surface area contributed by atoms with Gasteiger partial charge in [0.2, 0.25) is 0 Å². The van der Waals surface area contributed by atoms with Gasteiger partial charge in [-0.25, -0.2) is 0 Å². The first-order chi connectivity index (χ1) is 9.27. The van der Waals surface area contributed by atoms with Crippen LogP contribution in [0, 0.1) is 19.8 Å². The molecule has 6 heteroatoms. The Morgan fingerprint density at radius 1 is 1.35 bits per heavy atom. The maximum Gasteiger partial charge on any atom is 0.391 e. The average molecular weight is 289 g/mol. The molecule has 1 aliphatic rings. The van der Waals surface area contributed by atoms with Gasteiger partial charge in [-0.3, -0.25) is 4.79 Å². The Morgan fingerprint density at radius 2 is 2.05 bits per heavy atom. The van der Waals surface area contributed by atoms with Gasteiger partial charge in [0.15, 0.2) is 0 Å². The van der Waals surface area contributed by atoms with Gasteiger partial charge in [0.25, 0.3) is 5.91 Å². The van der Waals surface area contributed by atoms with Gasteiger partial charge >= 0.3 is 6.18 Å². The third-order valence-electron chi connectivity index (χ3n) is 3.76. The van der Waals surface area contributed by atoms with Crippen molar-refractivity contribution in [1.82, 2.24) is 5.32 Å². The number of rotatable bonds is 2. The van der Waals surface area contributed by atoms with Crippen molar-refractivity contribution < 1.29 is 22.4 Å². The highest BCUT2D eigenvalue weighted by atomic mass is 19.4. The number of alkyl halides is 3. The topological polar surface area (TPSA) is 42.2 Å². The van der Waals surface area contributed by atoms with Crippen LogP contribution in [-0.2, 0) is 0 Å². The molecule has 0 aromatic carbocycles. The smallest absolute Gasteiger partial charge is 0.391 e. The first kappa shape index (κ1) is 14.9. The minimum Gasteiger partial charge on any atom is -0.466 e. The largest absolute Gasteiger partial charge is 0.466 e. The summed E-state index contributed by atoms with van der Waals surface area (Å²) in [5.74, 6) is -0.562. The fourth-order valence-electron chi connectivity index (χ4n) is 2.74. The number of furan rings is 1. The lowest BCUT2D eigenvalue weighted by Crippen LogP contribution is -2.41. The molecular formula is C14H18F3NO2.